The van der Waals surface area contributed by atoms with Gasteiger partial charge in [0.1, 0.15) is 10.9 Å². The molecule has 1 aromatic heterocycles. The molecule has 0 amide bonds. The van der Waals surface area contributed by atoms with Crippen molar-refractivity contribution in [2.45, 2.75) is 28.7 Å². The second-order valence-electron chi connectivity index (χ2n) is 8.87. The van der Waals surface area contributed by atoms with Crippen LogP contribution in [0.5, 0.6) is 5.88 Å². The number of anilines is 1. The molecule has 3 aromatic carbocycles. The number of hydrogen-bond donors (Lipinski definition) is 3. The van der Waals surface area contributed by atoms with Gasteiger partial charge in [-0.2, -0.15) is 0 Å². The maximum absolute atomic E-state index is 13.0. The van der Waals surface area contributed by atoms with E-state index in [1.54, 1.807) is 6.07 Å². The Labute approximate surface area is 219 Å². The first-order chi connectivity index (χ1) is 17.6. The number of aromatic hydroxyl groups is 1. The van der Waals surface area contributed by atoms with Crippen LogP contribution in [-0.4, -0.2) is 34.6 Å². The number of aromatic amines is 1. The highest BCUT2D eigenvalue weighted by Gasteiger charge is 2.25. The predicted octanol–water partition coefficient (Wildman–Crippen LogP) is 6.16. The largest absolute Gasteiger partial charge is 0.493 e. The van der Waals surface area contributed by atoms with Gasteiger partial charge >= 0.3 is 0 Å². The highest BCUT2D eigenvalue weighted by Crippen LogP contribution is 2.39. The van der Waals surface area contributed by atoms with Crippen molar-refractivity contribution in [3.63, 3.8) is 0 Å². The Bertz CT molecular complexity index is 1370. The Morgan fingerprint density at radius 2 is 1.75 bits per heavy atom. The Balaban J connectivity index is 1.49. The molecule has 6 nitrogen and oxygen atoms in total. The van der Waals surface area contributed by atoms with E-state index in [9.17, 15) is 9.90 Å². The van der Waals surface area contributed by atoms with Crippen molar-refractivity contribution in [2.75, 3.05) is 25.1 Å². The normalized spacial score (nSPS) is 15.0. The highest BCUT2D eigenvalue weighted by molar-refractivity contribution is 7.99. The summed E-state index contributed by atoms with van der Waals surface area (Å²) in [6.07, 6.45) is 2.12. The molecule has 0 radical (unpaired) electrons. The minimum absolute atomic E-state index is 0.126. The fourth-order valence-electron chi connectivity index (χ4n) is 4.50. The number of rotatable bonds is 8. The third-order valence-electron chi connectivity index (χ3n) is 6.42. The van der Waals surface area contributed by atoms with Gasteiger partial charge in [0.15, 0.2) is 0 Å². The molecule has 8 heteroatoms. The zero-order valence-corrected chi connectivity index (χ0v) is 21.3. The molecule has 4 aromatic rings. The number of nitrogens with one attached hydrogen (secondary N) is 2. The second-order valence-corrected chi connectivity index (χ2v) is 10.3. The van der Waals surface area contributed by atoms with Crippen LogP contribution in [0.1, 0.15) is 30.0 Å². The van der Waals surface area contributed by atoms with E-state index in [1.165, 1.54) is 4.68 Å². The van der Waals surface area contributed by atoms with Crippen LogP contribution < -0.4 is 10.9 Å². The first kappa shape index (κ1) is 24.6. The van der Waals surface area contributed by atoms with E-state index in [2.05, 4.69) is 16.5 Å². The van der Waals surface area contributed by atoms with Gasteiger partial charge in [-0.25, -0.2) is 4.68 Å². The molecule has 1 unspecified atom stereocenters. The van der Waals surface area contributed by atoms with Crippen LogP contribution in [0.2, 0.25) is 5.02 Å². The Kier molecular flexibility index (Phi) is 7.70. The van der Waals surface area contributed by atoms with Crippen molar-refractivity contribution in [1.82, 2.24) is 9.78 Å². The maximum atomic E-state index is 13.0. The van der Waals surface area contributed by atoms with Gasteiger partial charge in [0.05, 0.1) is 5.02 Å². The minimum Gasteiger partial charge on any atom is -0.493 e. The van der Waals surface area contributed by atoms with Crippen LogP contribution in [0.15, 0.2) is 93.4 Å². The summed E-state index contributed by atoms with van der Waals surface area (Å²) < 4.78 is 7.01. The lowest BCUT2D eigenvalue weighted by Crippen LogP contribution is -2.22. The Hall–Kier alpha value is -3.13. The second kappa shape index (κ2) is 11.3. The van der Waals surface area contributed by atoms with Crippen LogP contribution in [0.3, 0.4) is 0 Å². The maximum Gasteiger partial charge on any atom is 0.282 e. The van der Waals surface area contributed by atoms with Crippen LogP contribution in [0, 0.1) is 5.92 Å². The predicted molar refractivity (Wildman–Crippen MR) is 144 cm³/mol. The molecule has 0 saturated carbocycles. The summed E-state index contributed by atoms with van der Waals surface area (Å²) in [5.74, 6) is 0.459. The van der Waals surface area contributed by atoms with Crippen LogP contribution >= 0.6 is 23.4 Å². The van der Waals surface area contributed by atoms with Crippen molar-refractivity contribution in [2.24, 2.45) is 5.92 Å². The van der Waals surface area contributed by atoms with E-state index in [4.69, 9.17) is 16.3 Å². The van der Waals surface area contributed by atoms with Crippen molar-refractivity contribution in [3.8, 4) is 5.88 Å². The number of ether oxygens (including phenoxy) is 1. The molecule has 0 aliphatic carbocycles. The van der Waals surface area contributed by atoms with Crippen molar-refractivity contribution in [1.29, 1.82) is 0 Å². The van der Waals surface area contributed by atoms with E-state index in [1.807, 2.05) is 66.7 Å². The first-order valence-electron chi connectivity index (χ1n) is 12.0. The zero-order valence-electron chi connectivity index (χ0n) is 19.7. The molecule has 1 fully saturated rings. The lowest BCUT2D eigenvalue weighted by atomic mass is 9.97. The summed E-state index contributed by atoms with van der Waals surface area (Å²) in [6.45, 7) is 2.52. The number of hydrogen-bond acceptors (Lipinski definition) is 5. The van der Waals surface area contributed by atoms with Crippen molar-refractivity contribution in [3.05, 3.63) is 105 Å². The summed E-state index contributed by atoms with van der Waals surface area (Å²) in [5, 5.41) is 18.2. The summed E-state index contributed by atoms with van der Waals surface area (Å²) in [7, 11) is 0. The lowest BCUT2D eigenvalue weighted by molar-refractivity contribution is 0.0699. The van der Waals surface area contributed by atoms with Gasteiger partial charge in [-0.15, -0.1) is 0 Å². The number of aromatic nitrogens is 2. The highest BCUT2D eigenvalue weighted by atomic mass is 35.5. The fraction of sp³-hybridized carbons (Fsp3) is 0.250. The van der Waals surface area contributed by atoms with E-state index in [0.717, 1.165) is 61.2 Å². The first-order valence-corrected chi connectivity index (χ1v) is 13.2. The van der Waals surface area contributed by atoms with Gasteiger partial charge in [-0.3, -0.25) is 9.89 Å². The van der Waals surface area contributed by atoms with Gasteiger partial charge in [-0.1, -0.05) is 78.0 Å². The van der Waals surface area contributed by atoms with Gasteiger partial charge < -0.3 is 15.2 Å². The standard InChI is InChI=1S/C28H28ClN3O3S/c29-23-11-4-5-12-24(23)36-26-27(33)31-32(28(26)34)25(20-7-2-1-3-8-20)21-9-6-10-22(17-21)30-18-19-13-15-35-16-14-19/h1-12,17,19,25,30,34H,13-16,18H2,(H,31,33). The Morgan fingerprint density at radius 3 is 2.53 bits per heavy atom. The third-order valence-corrected chi connectivity index (χ3v) is 8.01. The zero-order chi connectivity index (χ0) is 24.9. The molecular formula is C28H28ClN3O3S. The van der Waals surface area contributed by atoms with E-state index < -0.39 is 6.04 Å². The van der Waals surface area contributed by atoms with E-state index in [-0.39, 0.29) is 16.3 Å². The summed E-state index contributed by atoms with van der Waals surface area (Å²) in [6, 6.07) is 24.8. The topological polar surface area (TPSA) is 79.3 Å². The van der Waals surface area contributed by atoms with Crippen LogP contribution in [0.4, 0.5) is 5.69 Å². The van der Waals surface area contributed by atoms with E-state index >= 15 is 0 Å². The molecule has 186 valence electrons. The number of nitrogens with zero attached hydrogens (tertiary/aromatic N) is 1. The number of H-pyrrole nitrogens is 1. The molecule has 5 rings (SSSR count). The molecule has 1 aliphatic rings. The smallest absolute Gasteiger partial charge is 0.282 e. The third kappa shape index (κ3) is 5.48. The van der Waals surface area contributed by atoms with Gasteiger partial charge in [0.25, 0.3) is 5.56 Å². The Morgan fingerprint density at radius 1 is 1.03 bits per heavy atom. The quantitative estimate of drug-likeness (QED) is 0.259. The molecule has 3 N–H and O–H groups in total. The molecule has 0 spiro atoms. The van der Waals surface area contributed by atoms with Crippen LogP contribution in [-0.2, 0) is 4.74 Å². The average Bonchev–Trinajstić information content (AvgIpc) is 3.18. The summed E-state index contributed by atoms with van der Waals surface area (Å²) in [4.78, 5) is 13.9. The van der Waals surface area contributed by atoms with Crippen LogP contribution in [0.25, 0.3) is 0 Å². The lowest BCUT2D eigenvalue weighted by Gasteiger charge is -2.24. The summed E-state index contributed by atoms with van der Waals surface area (Å²) in [5.41, 5.74) is 2.51. The van der Waals surface area contributed by atoms with Gasteiger partial charge in [-0.05, 0) is 54.2 Å². The average molecular weight is 522 g/mol. The molecule has 36 heavy (non-hydrogen) atoms. The molecular weight excluding hydrogens is 494 g/mol. The number of benzene rings is 3. The molecule has 1 aliphatic heterocycles. The molecule has 1 atom stereocenters. The fourth-order valence-corrected chi connectivity index (χ4v) is 5.61. The van der Waals surface area contributed by atoms with Gasteiger partial charge in [0.2, 0.25) is 5.88 Å². The van der Waals surface area contributed by atoms with Crippen molar-refractivity contribution < 1.29 is 9.84 Å². The van der Waals surface area contributed by atoms with Crippen molar-refractivity contribution >= 4 is 29.1 Å². The summed E-state index contributed by atoms with van der Waals surface area (Å²) >= 11 is 7.46. The monoisotopic (exact) mass is 521 g/mol. The molecule has 1 saturated heterocycles. The molecule has 2 heterocycles. The van der Waals surface area contributed by atoms with Gasteiger partial charge in [0, 0.05) is 30.3 Å². The minimum atomic E-state index is -0.427. The number of halogens is 1. The van der Waals surface area contributed by atoms with E-state index in [0.29, 0.717) is 15.8 Å². The molecule has 0 bridgehead atoms. The SMILES string of the molecule is O=c1[nH]n(C(c2ccccc2)c2cccc(NCC3CCOCC3)c2)c(O)c1Sc1ccccc1Cl.